The maximum absolute atomic E-state index is 12.3. The highest BCUT2D eigenvalue weighted by Gasteiger charge is 2.15. The third-order valence-corrected chi connectivity index (χ3v) is 7.69. The van der Waals surface area contributed by atoms with Crippen molar-refractivity contribution in [3.63, 3.8) is 0 Å². The van der Waals surface area contributed by atoms with Crippen LogP contribution in [-0.4, -0.2) is 30.0 Å². The molecular weight excluding hydrogens is 576 g/mol. The van der Waals surface area contributed by atoms with Gasteiger partial charge in [-0.3, -0.25) is 8.37 Å². The summed E-state index contributed by atoms with van der Waals surface area (Å²) in [6.07, 6.45) is 0. The molecule has 210 valence electrons. The number of benzene rings is 4. The molecule has 0 saturated heterocycles. The molecule has 0 heterocycles. The van der Waals surface area contributed by atoms with Crippen LogP contribution in [0.5, 0.6) is 0 Å². The second-order valence-corrected chi connectivity index (χ2v) is 11.3. The molecule has 0 aliphatic carbocycles. The molecule has 0 bridgehead atoms. The third kappa shape index (κ3) is 9.30. The minimum atomic E-state index is -4.05. The van der Waals surface area contributed by atoms with E-state index in [0.717, 1.165) is 0 Å². The highest BCUT2D eigenvalue weighted by molar-refractivity contribution is 7.87. The topological polar surface area (TPSA) is 136 Å². The van der Waals surface area contributed by atoms with Crippen molar-refractivity contribution >= 4 is 43.0 Å². The molecule has 0 spiro atoms. The number of azo groups is 2. The van der Waals surface area contributed by atoms with E-state index in [4.69, 9.17) is 8.37 Å². The van der Waals surface area contributed by atoms with Gasteiger partial charge in [0.15, 0.2) is 0 Å². The van der Waals surface area contributed by atoms with E-state index >= 15 is 0 Å². The number of nitrogens with zero attached hydrogens (tertiary/aromatic N) is 4. The summed E-state index contributed by atoms with van der Waals surface area (Å²) in [4.78, 5) is -0.139. The van der Waals surface area contributed by atoms with Crippen molar-refractivity contribution in [1.82, 2.24) is 0 Å². The number of rotatable bonds is 10. The van der Waals surface area contributed by atoms with Gasteiger partial charge in [-0.15, -0.1) is 0 Å². The van der Waals surface area contributed by atoms with E-state index < -0.39 is 33.5 Å². The Labute approximate surface area is 244 Å². The molecule has 4 aromatic rings. The largest absolute Gasteiger partial charge is 0.297 e. The van der Waals surface area contributed by atoms with E-state index in [0.29, 0.717) is 22.7 Å². The molecule has 0 unspecified atom stereocenters. The summed E-state index contributed by atoms with van der Waals surface area (Å²) in [7, 11) is -8.10. The van der Waals surface area contributed by atoms with Crippen LogP contribution < -0.4 is 0 Å². The monoisotopic (exact) mass is 598 g/mol. The van der Waals surface area contributed by atoms with Crippen molar-refractivity contribution in [2.24, 2.45) is 20.5 Å². The zero-order chi connectivity index (χ0) is 29.7. The summed E-state index contributed by atoms with van der Waals surface area (Å²) in [5.41, 5.74) is 2.28. The van der Waals surface area contributed by atoms with Crippen molar-refractivity contribution in [3.8, 4) is 23.7 Å². The number of hydrogen-bond acceptors (Lipinski definition) is 10. The quantitative estimate of drug-likeness (QED) is 0.114. The molecule has 0 aliphatic heterocycles. The number of hydrogen-bond donors (Lipinski definition) is 0. The summed E-state index contributed by atoms with van der Waals surface area (Å²) in [6, 6.07) is 29.6. The second kappa shape index (κ2) is 14.6. The van der Waals surface area contributed by atoms with Crippen LogP contribution in [0.15, 0.2) is 139 Å². The lowest BCUT2D eigenvalue weighted by Gasteiger charge is -2.02. The Hall–Kier alpha value is -4.98. The van der Waals surface area contributed by atoms with Crippen LogP contribution in [0.1, 0.15) is 0 Å². The predicted molar refractivity (Wildman–Crippen MR) is 156 cm³/mol. The molecule has 0 saturated carbocycles. The average Bonchev–Trinajstić information content (AvgIpc) is 3.01. The summed E-state index contributed by atoms with van der Waals surface area (Å²) < 4.78 is 59.2. The summed E-state index contributed by atoms with van der Waals surface area (Å²) >= 11 is 0. The van der Waals surface area contributed by atoms with E-state index in [9.17, 15) is 16.8 Å². The Kier molecular flexibility index (Phi) is 10.4. The summed E-state index contributed by atoms with van der Waals surface area (Å²) in [6.45, 7) is -0.890. The van der Waals surface area contributed by atoms with Crippen LogP contribution in [0, 0.1) is 23.7 Å². The van der Waals surface area contributed by atoms with Gasteiger partial charge in [-0.25, -0.2) is 0 Å². The zero-order valence-electron chi connectivity index (χ0n) is 21.9. The lowest BCUT2D eigenvalue weighted by Crippen LogP contribution is -2.06. The van der Waals surface area contributed by atoms with Crippen molar-refractivity contribution in [1.29, 1.82) is 0 Å². The molecule has 12 heteroatoms. The van der Waals surface area contributed by atoms with Crippen LogP contribution in [0.2, 0.25) is 0 Å². The van der Waals surface area contributed by atoms with Gasteiger partial charge in [0, 0.05) is 0 Å². The van der Waals surface area contributed by atoms with Gasteiger partial charge in [-0.2, -0.15) is 37.3 Å². The fourth-order valence-electron chi connectivity index (χ4n) is 3.09. The highest BCUT2D eigenvalue weighted by Crippen LogP contribution is 2.22. The van der Waals surface area contributed by atoms with E-state index in [2.05, 4.69) is 44.1 Å². The summed E-state index contributed by atoms with van der Waals surface area (Å²) in [5.74, 6) is 9.65. The Morgan fingerprint density at radius 3 is 1.10 bits per heavy atom. The predicted octanol–water partition coefficient (Wildman–Crippen LogP) is 6.64. The van der Waals surface area contributed by atoms with Crippen molar-refractivity contribution in [2.75, 3.05) is 13.2 Å². The molecule has 0 N–H and O–H groups in total. The molecular formula is C30H22N4O6S2. The second-order valence-electron chi connectivity index (χ2n) is 8.10. The molecule has 0 amide bonds. The lowest BCUT2D eigenvalue weighted by atomic mass is 10.3. The van der Waals surface area contributed by atoms with Crippen LogP contribution in [0.25, 0.3) is 0 Å². The Morgan fingerprint density at radius 1 is 0.452 bits per heavy atom. The van der Waals surface area contributed by atoms with Crippen molar-refractivity contribution in [2.45, 2.75) is 9.79 Å². The van der Waals surface area contributed by atoms with Crippen molar-refractivity contribution < 1.29 is 25.2 Å². The standard InChI is InChI=1S/C30H22N4O6S2/c35-41(36,29-19-15-27(16-20-29)33-31-25-11-5-3-6-12-25)39-23-9-1-2-10-24-40-42(37,38)30-21-17-28(18-22-30)34-32-26-13-7-4-8-14-26/h3-8,11-22H,23-24H2/b33-31+,34-32+. The van der Waals surface area contributed by atoms with Crippen LogP contribution >= 0.6 is 0 Å². The molecule has 10 nitrogen and oxygen atoms in total. The molecule has 0 aromatic heterocycles. The van der Waals surface area contributed by atoms with Gasteiger partial charge in [-0.1, -0.05) is 48.2 Å². The van der Waals surface area contributed by atoms with Gasteiger partial charge >= 0.3 is 0 Å². The van der Waals surface area contributed by atoms with Gasteiger partial charge in [0.2, 0.25) is 0 Å². The van der Waals surface area contributed by atoms with Crippen LogP contribution in [0.4, 0.5) is 22.7 Å². The molecule has 0 radical (unpaired) electrons. The van der Waals surface area contributed by atoms with Crippen molar-refractivity contribution in [3.05, 3.63) is 109 Å². The average molecular weight is 599 g/mol. The molecule has 4 rings (SSSR count). The first-order valence-electron chi connectivity index (χ1n) is 12.2. The minimum Gasteiger partial charge on any atom is -0.253 e. The molecule has 0 atom stereocenters. The maximum Gasteiger partial charge on any atom is 0.297 e. The highest BCUT2D eigenvalue weighted by atomic mass is 32.2. The first kappa shape index (κ1) is 30.0. The van der Waals surface area contributed by atoms with E-state index in [1.165, 1.54) is 48.5 Å². The fourth-order valence-corrected chi connectivity index (χ4v) is 4.73. The Morgan fingerprint density at radius 2 is 0.762 bits per heavy atom. The van der Waals surface area contributed by atoms with E-state index in [1.807, 2.05) is 36.4 Å². The van der Waals surface area contributed by atoms with Gasteiger partial charge in [0.25, 0.3) is 20.2 Å². The van der Waals surface area contributed by atoms with Gasteiger partial charge in [0.05, 0.1) is 32.5 Å². The van der Waals surface area contributed by atoms with Crippen LogP contribution in [0.3, 0.4) is 0 Å². The van der Waals surface area contributed by atoms with E-state index in [1.54, 1.807) is 24.3 Å². The maximum atomic E-state index is 12.3. The Balaban J connectivity index is 1.22. The lowest BCUT2D eigenvalue weighted by molar-refractivity contribution is 0.362. The van der Waals surface area contributed by atoms with Gasteiger partial charge in [-0.05, 0) is 84.6 Å². The SMILES string of the molecule is O=S(=O)(OCC#CC#CCOS(=O)(=O)c1ccc(/N=N/c2ccccc2)cc1)c1ccc(/N=N/c2ccccc2)cc1. The Bertz CT molecular complexity index is 1750. The molecule has 4 aromatic carbocycles. The van der Waals surface area contributed by atoms with Gasteiger partial charge < -0.3 is 0 Å². The molecule has 0 fully saturated rings. The fraction of sp³-hybridized carbons (Fsp3) is 0.0667. The molecule has 0 aliphatic rings. The summed E-state index contributed by atoms with van der Waals surface area (Å²) in [5, 5.41) is 16.3. The normalized spacial score (nSPS) is 11.5. The van der Waals surface area contributed by atoms with Crippen LogP contribution in [-0.2, 0) is 28.6 Å². The minimum absolute atomic E-state index is 0.0695. The zero-order valence-corrected chi connectivity index (χ0v) is 23.5. The first-order chi connectivity index (χ1) is 20.3. The van der Waals surface area contributed by atoms with E-state index in [-0.39, 0.29) is 9.79 Å². The first-order valence-corrected chi connectivity index (χ1v) is 15.0. The molecule has 42 heavy (non-hydrogen) atoms. The smallest absolute Gasteiger partial charge is 0.253 e. The third-order valence-electron chi connectivity index (χ3n) is 5.14. The van der Waals surface area contributed by atoms with Gasteiger partial charge in [0.1, 0.15) is 13.2 Å².